The molecule has 0 spiro atoms. The summed E-state index contributed by atoms with van der Waals surface area (Å²) in [7, 11) is -4.83. The van der Waals surface area contributed by atoms with Crippen molar-refractivity contribution in [3.05, 3.63) is 131 Å². The van der Waals surface area contributed by atoms with E-state index in [1.807, 2.05) is 66.7 Å². The van der Waals surface area contributed by atoms with Gasteiger partial charge in [-0.25, -0.2) is 0 Å². The first-order chi connectivity index (χ1) is 22.5. The van der Waals surface area contributed by atoms with Crippen LogP contribution in [0.25, 0.3) is 27.9 Å². The Balaban J connectivity index is 1.24. The maximum absolute atomic E-state index is 13.9. The lowest BCUT2D eigenvalue weighted by atomic mass is 9.88. The third-order valence-electron chi connectivity index (χ3n) is 8.80. The van der Waals surface area contributed by atoms with Crippen molar-refractivity contribution in [2.45, 2.75) is 49.8 Å². The number of nitrogens with two attached hydrogens (primary N) is 1. The minimum Gasteiger partial charge on any atom is -0.456 e. The van der Waals surface area contributed by atoms with Crippen LogP contribution in [0, 0.1) is 0 Å². The van der Waals surface area contributed by atoms with Gasteiger partial charge < -0.3 is 15.5 Å². The van der Waals surface area contributed by atoms with Crippen LogP contribution in [0.4, 0.5) is 5.69 Å². The molecule has 1 aliphatic rings. The van der Waals surface area contributed by atoms with Crippen LogP contribution in [0.15, 0.2) is 114 Å². The number of ketones is 1. The normalized spacial score (nSPS) is 15.4. The summed E-state index contributed by atoms with van der Waals surface area (Å²) >= 11 is 0. The van der Waals surface area contributed by atoms with Crippen molar-refractivity contribution < 1.29 is 27.0 Å². The Morgan fingerprint density at radius 1 is 0.915 bits per heavy atom. The molecule has 0 fully saturated rings. The number of carbonyl (C=O) groups is 2. The summed E-state index contributed by atoms with van der Waals surface area (Å²) in [6.45, 7) is 0.954. The number of nitrogens with one attached hydrogen (secondary N) is 1. The fourth-order valence-corrected chi connectivity index (χ4v) is 6.25. The number of allylic oxidation sites excluding steroid dienone is 2. The lowest BCUT2D eigenvalue weighted by Crippen LogP contribution is -2.51. The summed E-state index contributed by atoms with van der Waals surface area (Å²) in [4.78, 5) is 24.2. The van der Waals surface area contributed by atoms with Gasteiger partial charge in [-0.1, -0.05) is 72.8 Å². The third-order valence-corrected chi connectivity index (χ3v) is 10.1. The number of fused-ring (bicyclic) bond motifs is 1. The minimum absolute atomic E-state index is 0.0343. The van der Waals surface area contributed by atoms with E-state index in [1.165, 1.54) is 30.5 Å². The zero-order valence-electron chi connectivity index (χ0n) is 26.0. The second-order valence-corrected chi connectivity index (χ2v) is 14.0. The zero-order valence-corrected chi connectivity index (χ0v) is 26.8. The number of hydrogen-bond acceptors (Lipinski definition) is 6. The molecule has 8 nitrogen and oxygen atoms in total. The molecule has 2 atom stereocenters. The molecular weight excluding hydrogens is 612 g/mol. The van der Waals surface area contributed by atoms with Gasteiger partial charge in [0.15, 0.2) is 5.78 Å². The second-order valence-electron chi connectivity index (χ2n) is 12.2. The van der Waals surface area contributed by atoms with Crippen LogP contribution in [0.1, 0.15) is 65.6 Å². The van der Waals surface area contributed by atoms with Gasteiger partial charge in [0.25, 0.3) is 10.1 Å². The minimum atomic E-state index is -4.83. The Bertz CT molecular complexity index is 2030. The Kier molecular flexibility index (Phi) is 8.96. The monoisotopic (exact) mass is 648 g/mol. The second kappa shape index (κ2) is 13.1. The van der Waals surface area contributed by atoms with Crippen LogP contribution in [0.2, 0.25) is 0 Å². The molecule has 0 saturated heterocycles. The Morgan fingerprint density at radius 2 is 1.60 bits per heavy atom. The van der Waals surface area contributed by atoms with Crippen LogP contribution >= 0.6 is 0 Å². The highest BCUT2D eigenvalue weighted by atomic mass is 32.2. The van der Waals surface area contributed by atoms with E-state index in [1.54, 1.807) is 12.1 Å². The molecule has 9 heteroatoms. The van der Waals surface area contributed by atoms with Crippen LogP contribution in [0.5, 0.6) is 0 Å². The van der Waals surface area contributed by atoms with Crippen LogP contribution in [-0.4, -0.2) is 29.5 Å². The predicted molar refractivity (Wildman–Crippen MR) is 185 cm³/mol. The molecule has 4 aromatic carbocycles. The van der Waals surface area contributed by atoms with Crippen molar-refractivity contribution in [2.24, 2.45) is 5.73 Å². The molecule has 0 bridgehead atoms. The third kappa shape index (κ3) is 6.97. The van der Waals surface area contributed by atoms with Crippen LogP contribution in [-0.2, 0) is 21.3 Å². The van der Waals surface area contributed by atoms with Gasteiger partial charge in [0.2, 0.25) is 10.8 Å². The topological polar surface area (TPSA) is 140 Å². The first kappa shape index (κ1) is 32.1. The number of benzene rings is 4. The fourth-order valence-electron chi connectivity index (χ4n) is 5.89. The Morgan fingerprint density at radius 3 is 2.23 bits per heavy atom. The Hall–Kier alpha value is -4.83. The lowest BCUT2D eigenvalue weighted by Gasteiger charge is -2.20. The summed E-state index contributed by atoms with van der Waals surface area (Å²) in [6, 6.07) is 31.6. The van der Waals surface area contributed by atoms with Gasteiger partial charge in [-0.3, -0.25) is 14.1 Å². The van der Waals surface area contributed by atoms with Crippen molar-refractivity contribution in [3.8, 4) is 11.3 Å². The molecule has 1 heterocycles. The van der Waals surface area contributed by atoms with Gasteiger partial charge in [-0.2, -0.15) is 8.42 Å². The highest BCUT2D eigenvalue weighted by molar-refractivity contribution is 7.88. The molecule has 1 aliphatic carbocycles. The molecule has 2 unspecified atom stereocenters. The lowest BCUT2D eigenvalue weighted by molar-refractivity contribution is -0.117. The van der Waals surface area contributed by atoms with E-state index in [0.717, 1.165) is 58.7 Å². The van der Waals surface area contributed by atoms with Gasteiger partial charge in [0.1, 0.15) is 11.3 Å². The maximum atomic E-state index is 13.9. The van der Waals surface area contributed by atoms with Crippen molar-refractivity contribution in [2.75, 3.05) is 5.32 Å². The summed E-state index contributed by atoms with van der Waals surface area (Å²) in [5.74, 6) is -0.964. The first-order valence-electron chi connectivity index (χ1n) is 15.6. The average molecular weight is 649 g/mol. The highest BCUT2D eigenvalue weighted by Gasteiger charge is 2.42. The van der Waals surface area contributed by atoms with E-state index in [9.17, 15) is 22.6 Å². The van der Waals surface area contributed by atoms with Gasteiger partial charge in [0, 0.05) is 22.2 Å². The largest absolute Gasteiger partial charge is 0.456 e. The number of anilines is 1. The van der Waals surface area contributed by atoms with E-state index >= 15 is 0 Å². The van der Waals surface area contributed by atoms with Gasteiger partial charge in [-0.05, 0) is 97.7 Å². The molecule has 0 radical (unpaired) electrons. The maximum Gasteiger partial charge on any atom is 0.291 e. The SMILES string of the molecule is CC(N)(C(=O)c1ccc(CC(C(=O)Nc2ccc(-c3cc4ccccc4o3)cc2)c2ccc(C3=CCCCC3)cc2)cc1)S(=O)(=O)O. The number of furan rings is 1. The molecule has 1 aromatic heterocycles. The van der Waals surface area contributed by atoms with E-state index in [0.29, 0.717) is 12.1 Å². The average Bonchev–Trinajstić information content (AvgIpc) is 3.52. The zero-order chi connectivity index (χ0) is 33.2. The number of amides is 1. The number of rotatable bonds is 10. The molecule has 0 saturated carbocycles. The summed E-state index contributed by atoms with van der Waals surface area (Å²) < 4.78 is 38.8. The summed E-state index contributed by atoms with van der Waals surface area (Å²) in [6.07, 6.45) is 7.08. The first-order valence-corrected chi connectivity index (χ1v) is 17.0. The van der Waals surface area contributed by atoms with Crippen molar-refractivity contribution in [3.63, 3.8) is 0 Å². The fraction of sp³-hybridized carbons (Fsp3) is 0.211. The number of carbonyl (C=O) groups excluding carboxylic acids is 2. The van der Waals surface area contributed by atoms with Gasteiger partial charge in [0.05, 0.1) is 5.92 Å². The molecular formula is C38H36N2O6S. The quantitative estimate of drug-likeness (QED) is 0.104. The highest BCUT2D eigenvalue weighted by Crippen LogP contribution is 2.31. The van der Waals surface area contributed by atoms with Crippen molar-refractivity contribution in [1.29, 1.82) is 0 Å². The summed E-state index contributed by atoms with van der Waals surface area (Å²) in [5.41, 5.74) is 12.1. The van der Waals surface area contributed by atoms with E-state index < -0.39 is 26.7 Å². The van der Waals surface area contributed by atoms with E-state index in [2.05, 4.69) is 23.5 Å². The van der Waals surface area contributed by atoms with Crippen LogP contribution < -0.4 is 11.1 Å². The predicted octanol–water partition coefficient (Wildman–Crippen LogP) is 7.77. The van der Waals surface area contributed by atoms with Crippen LogP contribution in [0.3, 0.4) is 0 Å². The van der Waals surface area contributed by atoms with E-state index in [-0.39, 0.29) is 11.5 Å². The molecule has 240 valence electrons. The molecule has 5 aromatic rings. The molecule has 4 N–H and O–H groups in total. The molecule has 47 heavy (non-hydrogen) atoms. The molecule has 0 aliphatic heterocycles. The van der Waals surface area contributed by atoms with Gasteiger partial charge in [-0.15, -0.1) is 0 Å². The number of Topliss-reactive ketones (excluding diaryl/α,β-unsaturated/α-hetero) is 1. The standard InChI is InChI=1S/C38H36N2O6S/c1-38(39,47(43,44)45)36(41)30-13-11-25(12-14-30)23-33(28-17-15-27(16-18-28)26-7-3-2-4-8-26)37(42)40-32-21-19-29(20-22-32)35-24-31-9-5-6-10-34(31)46-35/h5-7,9-22,24,33H,2-4,8,23,39H2,1H3,(H,40,42)(H,43,44,45). The number of para-hydroxylation sites is 1. The van der Waals surface area contributed by atoms with E-state index in [4.69, 9.17) is 10.2 Å². The number of hydrogen-bond donors (Lipinski definition) is 3. The molecule has 1 amide bonds. The molecule has 6 rings (SSSR count). The van der Waals surface area contributed by atoms with Crippen molar-refractivity contribution >= 4 is 44.0 Å². The van der Waals surface area contributed by atoms with Crippen molar-refractivity contribution in [1.82, 2.24) is 0 Å². The van der Waals surface area contributed by atoms with Gasteiger partial charge >= 0.3 is 0 Å². The summed E-state index contributed by atoms with van der Waals surface area (Å²) in [5, 5.41) is 4.08. The Labute approximate surface area is 274 Å². The smallest absolute Gasteiger partial charge is 0.291 e.